The second kappa shape index (κ2) is 4.61. The molecule has 0 aliphatic heterocycles. The van der Waals surface area contributed by atoms with E-state index in [9.17, 15) is 0 Å². The van der Waals surface area contributed by atoms with E-state index in [1.54, 1.807) is 11.1 Å². The highest BCUT2D eigenvalue weighted by Crippen LogP contribution is 2.49. The van der Waals surface area contributed by atoms with Crippen molar-refractivity contribution in [3.8, 4) is 0 Å². The largest absolute Gasteiger partial charge is 0.103 e. The first kappa shape index (κ1) is 13.3. The molecule has 0 spiro atoms. The lowest BCUT2D eigenvalue weighted by Crippen LogP contribution is -2.18. The molecule has 0 saturated heterocycles. The maximum Gasteiger partial charge on any atom is 0.00985 e. The number of hydrogen-bond donors (Lipinski definition) is 0. The molecule has 0 nitrogen and oxygen atoms in total. The molecule has 1 rings (SSSR count). The molecule has 0 radical (unpaired) electrons. The van der Waals surface area contributed by atoms with Crippen LogP contribution in [0.1, 0.15) is 54.4 Å². The monoisotopic (exact) mass is 218 g/mol. The van der Waals surface area contributed by atoms with Gasteiger partial charge in [0, 0.05) is 5.41 Å². The maximum atomic E-state index is 3.87. The Labute approximate surface area is 101 Å². The van der Waals surface area contributed by atoms with Crippen molar-refractivity contribution < 1.29 is 0 Å². The van der Waals surface area contributed by atoms with Gasteiger partial charge in [0.15, 0.2) is 0 Å². The summed E-state index contributed by atoms with van der Waals surface area (Å²) in [4.78, 5) is 0. The van der Waals surface area contributed by atoms with Gasteiger partial charge >= 0.3 is 0 Å². The second-order valence-corrected chi connectivity index (χ2v) is 5.58. The molecule has 0 fully saturated rings. The Bertz CT molecular complexity index is 328. The molecule has 1 unspecified atom stereocenters. The van der Waals surface area contributed by atoms with Crippen LogP contribution >= 0.6 is 0 Å². The number of allylic oxidation sites excluding steroid dienone is 5. The van der Waals surface area contributed by atoms with Gasteiger partial charge in [0.1, 0.15) is 0 Å². The van der Waals surface area contributed by atoms with Crippen LogP contribution in [0.4, 0.5) is 0 Å². The summed E-state index contributed by atoms with van der Waals surface area (Å²) >= 11 is 0. The number of rotatable bonds is 4. The zero-order valence-corrected chi connectivity index (χ0v) is 11.8. The van der Waals surface area contributed by atoms with Gasteiger partial charge in [0.05, 0.1) is 0 Å². The Balaban J connectivity index is 2.90. The minimum atomic E-state index is 0.297. The smallest absolute Gasteiger partial charge is 0.00985 e. The van der Waals surface area contributed by atoms with Gasteiger partial charge in [-0.3, -0.25) is 0 Å². The van der Waals surface area contributed by atoms with E-state index >= 15 is 0 Å². The van der Waals surface area contributed by atoms with Gasteiger partial charge in [-0.2, -0.15) is 0 Å². The molecule has 90 valence electrons. The third-order valence-electron chi connectivity index (χ3n) is 4.84. The van der Waals surface area contributed by atoms with Gasteiger partial charge in [0.25, 0.3) is 0 Å². The second-order valence-electron chi connectivity index (χ2n) is 5.58. The Kier molecular flexibility index (Phi) is 3.83. The van der Waals surface area contributed by atoms with Crippen molar-refractivity contribution in [3.63, 3.8) is 0 Å². The highest BCUT2D eigenvalue weighted by atomic mass is 14.4. The summed E-state index contributed by atoms with van der Waals surface area (Å²) in [5, 5.41) is 0. The van der Waals surface area contributed by atoms with Crippen LogP contribution in [-0.2, 0) is 0 Å². The van der Waals surface area contributed by atoms with E-state index in [1.807, 2.05) is 0 Å². The molecule has 0 heterocycles. The first-order valence-corrected chi connectivity index (χ1v) is 6.33. The van der Waals surface area contributed by atoms with Crippen LogP contribution in [0.3, 0.4) is 0 Å². The summed E-state index contributed by atoms with van der Waals surface area (Å²) in [5.41, 5.74) is 6.45. The van der Waals surface area contributed by atoms with Gasteiger partial charge < -0.3 is 0 Å². The Morgan fingerprint density at radius 1 is 1.12 bits per heavy atom. The molecule has 1 aliphatic carbocycles. The topological polar surface area (TPSA) is 0 Å². The number of hydrogen-bond acceptors (Lipinski definition) is 0. The molecule has 1 aliphatic rings. The Morgan fingerprint density at radius 2 is 1.56 bits per heavy atom. The average molecular weight is 218 g/mol. The minimum absolute atomic E-state index is 0.297. The van der Waals surface area contributed by atoms with Gasteiger partial charge in [0.2, 0.25) is 0 Å². The zero-order valence-electron chi connectivity index (χ0n) is 11.8. The van der Waals surface area contributed by atoms with Gasteiger partial charge in [-0.15, -0.1) is 6.58 Å². The lowest BCUT2D eigenvalue weighted by atomic mass is 9.74. The summed E-state index contributed by atoms with van der Waals surface area (Å²) in [6.07, 6.45) is 4.54. The van der Waals surface area contributed by atoms with Crippen LogP contribution in [0, 0.1) is 11.3 Å². The van der Waals surface area contributed by atoms with Gasteiger partial charge in [-0.05, 0) is 57.6 Å². The van der Waals surface area contributed by atoms with Crippen LogP contribution in [0.15, 0.2) is 34.9 Å². The van der Waals surface area contributed by atoms with Crippen molar-refractivity contribution >= 4 is 0 Å². The van der Waals surface area contributed by atoms with E-state index in [0.29, 0.717) is 11.3 Å². The fourth-order valence-electron chi connectivity index (χ4n) is 2.68. The van der Waals surface area contributed by atoms with Crippen LogP contribution in [0.25, 0.3) is 0 Å². The molecule has 0 aromatic carbocycles. The highest BCUT2D eigenvalue weighted by Gasteiger charge is 2.35. The van der Waals surface area contributed by atoms with Crippen molar-refractivity contribution in [2.24, 2.45) is 11.3 Å². The lowest BCUT2D eigenvalue weighted by Gasteiger charge is -2.30. The van der Waals surface area contributed by atoms with E-state index in [4.69, 9.17) is 0 Å². The van der Waals surface area contributed by atoms with Crippen LogP contribution in [-0.4, -0.2) is 0 Å². The predicted molar refractivity (Wildman–Crippen MR) is 73.5 cm³/mol. The Hall–Kier alpha value is -0.780. The predicted octanol–water partition coefficient (Wildman–Crippen LogP) is 5.28. The summed E-state index contributed by atoms with van der Waals surface area (Å²) in [6.45, 7) is 17.6. The fourth-order valence-corrected chi connectivity index (χ4v) is 2.68. The third-order valence-corrected chi connectivity index (χ3v) is 4.84. The molecule has 0 bridgehead atoms. The minimum Gasteiger partial charge on any atom is -0.103 e. The van der Waals surface area contributed by atoms with E-state index in [1.165, 1.54) is 24.0 Å². The first-order valence-electron chi connectivity index (χ1n) is 6.33. The zero-order chi connectivity index (χ0) is 12.5. The Morgan fingerprint density at radius 3 is 1.94 bits per heavy atom. The van der Waals surface area contributed by atoms with Crippen LogP contribution in [0.5, 0.6) is 0 Å². The molecular weight excluding hydrogens is 192 g/mol. The molecule has 0 saturated carbocycles. The van der Waals surface area contributed by atoms with Crippen molar-refractivity contribution in [2.45, 2.75) is 54.4 Å². The van der Waals surface area contributed by atoms with Gasteiger partial charge in [-0.1, -0.05) is 31.1 Å². The third kappa shape index (κ3) is 2.03. The quantitative estimate of drug-likeness (QED) is 0.563. The molecule has 0 N–H and O–H groups in total. The molecule has 0 heteroatoms. The standard InChI is InChI=1S/C16H26/c1-8-11(2)9-10-16(7)14(5)12(3)13(4)15(16)6/h8,11H,1,9-10H2,2-7H3. The fraction of sp³-hybridized carbons (Fsp3) is 0.625. The first-order chi connectivity index (χ1) is 7.34. The van der Waals surface area contributed by atoms with Crippen molar-refractivity contribution in [2.75, 3.05) is 0 Å². The summed E-state index contributed by atoms with van der Waals surface area (Å²) < 4.78 is 0. The summed E-state index contributed by atoms with van der Waals surface area (Å²) in [6, 6.07) is 0. The van der Waals surface area contributed by atoms with Crippen LogP contribution in [0.2, 0.25) is 0 Å². The van der Waals surface area contributed by atoms with Crippen LogP contribution < -0.4 is 0 Å². The highest BCUT2D eigenvalue weighted by molar-refractivity contribution is 5.49. The molecule has 1 atom stereocenters. The molecule has 16 heavy (non-hydrogen) atoms. The summed E-state index contributed by atoms with van der Waals surface area (Å²) in [5.74, 6) is 0.624. The summed E-state index contributed by atoms with van der Waals surface area (Å²) in [7, 11) is 0. The molecular formula is C16H26. The van der Waals surface area contributed by atoms with E-state index in [0.717, 1.165) is 0 Å². The molecule has 0 aromatic heterocycles. The molecule has 0 aromatic rings. The normalized spacial score (nSPS) is 21.6. The van der Waals surface area contributed by atoms with Crippen molar-refractivity contribution in [3.05, 3.63) is 34.9 Å². The maximum absolute atomic E-state index is 3.87. The average Bonchev–Trinajstić information content (AvgIpc) is 2.43. The molecule has 0 amide bonds. The lowest BCUT2D eigenvalue weighted by molar-refractivity contribution is 0.402. The van der Waals surface area contributed by atoms with Crippen molar-refractivity contribution in [1.29, 1.82) is 0 Å². The van der Waals surface area contributed by atoms with E-state index in [-0.39, 0.29) is 0 Å². The van der Waals surface area contributed by atoms with E-state index in [2.05, 4.69) is 54.2 Å². The van der Waals surface area contributed by atoms with Gasteiger partial charge in [-0.25, -0.2) is 0 Å². The SMILES string of the molecule is C=CC(C)CCC1(C)C(C)=C(C)C(C)=C1C. The van der Waals surface area contributed by atoms with Crippen molar-refractivity contribution in [1.82, 2.24) is 0 Å². The van der Waals surface area contributed by atoms with E-state index < -0.39 is 0 Å².